The van der Waals surface area contributed by atoms with Crippen molar-refractivity contribution in [1.29, 1.82) is 0 Å². The largest absolute Gasteiger partial charge is 0.492 e. The molecule has 2 aromatic heterocycles. The molecule has 5 nitrogen and oxygen atoms in total. The standard InChI is InChI=1S/C20H26N4OS/c1-4-16-21-20-24(22-16)19(25)18(26-20)17(15-9-5-7-13(2)11-15)23-10-6-8-14(3)12-23/h5,7,9,11,14,17,25H,4,6,8,10,12H2,1-3H3. The Kier molecular flexibility index (Phi) is 4.71. The van der Waals surface area contributed by atoms with Crippen LogP contribution in [-0.4, -0.2) is 37.7 Å². The lowest BCUT2D eigenvalue weighted by atomic mass is 9.95. The second-order valence-electron chi connectivity index (χ2n) is 7.42. The fourth-order valence-corrected chi connectivity index (χ4v) is 5.08. The molecule has 1 N–H and O–H groups in total. The quantitative estimate of drug-likeness (QED) is 0.748. The van der Waals surface area contributed by atoms with E-state index in [4.69, 9.17) is 0 Å². The van der Waals surface area contributed by atoms with Gasteiger partial charge < -0.3 is 5.11 Å². The zero-order chi connectivity index (χ0) is 18.3. The van der Waals surface area contributed by atoms with Crippen LogP contribution in [0.4, 0.5) is 0 Å². The Labute approximate surface area is 158 Å². The van der Waals surface area contributed by atoms with Crippen LogP contribution in [-0.2, 0) is 6.42 Å². The van der Waals surface area contributed by atoms with Crippen molar-refractivity contribution in [2.45, 2.75) is 46.1 Å². The smallest absolute Gasteiger partial charge is 0.230 e. The van der Waals surface area contributed by atoms with E-state index >= 15 is 0 Å². The van der Waals surface area contributed by atoms with E-state index in [1.165, 1.54) is 24.0 Å². The number of fused-ring (bicyclic) bond motifs is 1. The number of aryl methyl sites for hydroxylation is 2. The number of benzene rings is 1. The van der Waals surface area contributed by atoms with Crippen molar-refractivity contribution >= 4 is 16.3 Å². The zero-order valence-corrected chi connectivity index (χ0v) is 16.5. The minimum Gasteiger partial charge on any atom is -0.492 e. The number of hydrogen-bond acceptors (Lipinski definition) is 5. The van der Waals surface area contributed by atoms with Gasteiger partial charge in [-0.2, -0.15) is 4.52 Å². The van der Waals surface area contributed by atoms with Crippen LogP contribution in [0.3, 0.4) is 0 Å². The highest BCUT2D eigenvalue weighted by molar-refractivity contribution is 7.17. The molecule has 0 aliphatic carbocycles. The molecule has 3 aromatic rings. The summed E-state index contributed by atoms with van der Waals surface area (Å²) in [5, 5.41) is 15.4. The topological polar surface area (TPSA) is 53.7 Å². The molecule has 0 spiro atoms. The lowest BCUT2D eigenvalue weighted by Crippen LogP contribution is -2.37. The molecular weight excluding hydrogens is 344 g/mol. The van der Waals surface area contributed by atoms with Crippen molar-refractivity contribution in [3.05, 3.63) is 46.1 Å². The Bertz CT molecular complexity index is 916. The van der Waals surface area contributed by atoms with Crippen molar-refractivity contribution in [2.24, 2.45) is 5.92 Å². The van der Waals surface area contributed by atoms with Crippen LogP contribution >= 0.6 is 11.3 Å². The zero-order valence-electron chi connectivity index (χ0n) is 15.6. The summed E-state index contributed by atoms with van der Waals surface area (Å²) in [6.07, 6.45) is 3.25. The van der Waals surface area contributed by atoms with E-state index < -0.39 is 0 Å². The van der Waals surface area contributed by atoms with Gasteiger partial charge in [0.2, 0.25) is 10.8 Å². The normalized spacial score (nSPS) is 19.9. The Hall–Kier alpha value is -1.92. The average Bonchev–Trinajstić information content (AvgIpc) is 3.15. The summed E-state index contributed by atoms with van der Waals surface area (Å²) in [6, 6.07) is 8.68. The first-order valence-electron chi connectivity index (χ1n) is 9.44. The van der Waals surface area contributed by atoms with Gasteiger partial charge >= 0.3 is 0 Å². The maximum atomic E-state index is 10.9. The highest BCUT2D eigenvalue weighted by atomic mass is 32.1. The van der Waals surface area contributed by atoms with Gasteiger partial charge in [-0.3, -0.25) is 4.90 Å². The monoisotopic (exact) mass is 370 g/mol. The van der Waals surface area contributed by atoms with Crippen LogP contribution < -0.4 is 0 Å². The van der Waals surface area contributed by atoms with E-state index in [0.29, 0.717) is 5.92 Å². The summed E-state index contributed by atoms with van der Waals surface area (Å²) in [6.45, 7) is 8.56. The summed E-state index contributed by atoms with van der Waals surface area (Å²) in [5.41, 5.74) is 2.47. The van der Waals surface area contributed by atoms with Gasteiger partial charge in [-0.25, -0.2) is 4.98 Å². The molecule has 1 aliphatic heterocycles. The number of thiazole rings is 1. The van der Waals surface area contributed by atoms with Crippen molar-refractivity contribution in [2.75, 3.05) is 13.1 Å². The van der Waals surface area contributed by atoms with Gasteiger partial charge in [-0.1, -0.05) is 55.0 Å². The average molecular weight is 371 g/mol. The van der Waals surface area contributed by atoms with E-state index in [-0.39, 0.29) is 11.9 Å². The number of piperidine rings is 1. The van der Waals surface area contributed by atoms with E-state index in [9.17, 15) is 5.11 Å². The molecule has 1 aliphatic rings. The number of rotatable bonds is 4. The summed E-state index contributed by atoms with van der Waals surface area (Å²) < 4.78 is 1.61. The predicted octanol–water partition coefficient (Wildman–Crippen LogP) is 4.19. The lowest BCUT2D eigenvalue weighted by Gasteiger charge is -2.37. The highest BCUT2D eigenvalue weighted by Crippen LogP contribution is 2.41. The Balaban J connectivity index is 1.82. The van der Waals surface area contributed by atoms with Crippen LogP contribution in [0.5, 0.6) is 5.88 Å². The SMILES string of the molecule is CCc1nc2sc(C(c3cccc(C)c3)N3CCCC(C)C3)c(O)n2n1. The molecule has 4 rings (SSSR count). The molecule has 0 amide bonds. The number of aromatic hydroxyl groups is 1. The third-order valence-electron chi connectivity index (χ3n) is 5.22. The number of hydrogen-bond donors (Lipinski definition) is 1. The summed E-state index contributed by atoms with van der Waals surface area (Å²) in [5.74, 6) is 1.69. The van der Waals surface area contributed by atoms with Gasteiger partial charge in [-0.15, -0.1) is 5.10 Å². The van der Waals surface area contributed by atoms with Crippen molar-refractivity contribution < 1.29 is 5.11 Å². The molecule has 2 atom stereocenters. The molecule has 0 radical (unpaired) electrons. The number of likely N-dealkylation sites (tertiary alicyclic amines) is 1. The van der Waals surface area contributed by atoms with E-state index in [0.717, 1.165) is 35.2 Å². The van der Waals surface area contributed by atoms with Gasteiger partial charge in [0.05, 0.1) is 10.9 Å². The molecule has 26 heavy (non-hydrogen) atoms. The minimum atomic E-state index is 0.0521. The Morgan fingerprint density at radius 2 is 2.23 bits per heavy atom. The number of nitrogens with zero attached hydrogens (tertiary/aromatic N) is 4. The molecule has 0 saturated carbocycles. The first-order valence-corrected chi connectivity index (χ1v) is 10.3. The predicted molar refractivity (Wildman–Crippen MR) is 105 cm³/mol. The maximum Gasteiger partial charge on any atom is 0.230 e. The summed E-state index contributed by atoms with van der Waals surface area (Å²) >= 11 is 1.56. The molecule has 6 heteroatoms. The fourth-order valence-electron chi connectivity index (χ4n) is 3.95. The van der Waals surface area contributed by atoms with Crippen LogP contribution in [0.25, 0.3) is 4.96 Å². The minimum absolute atomic E-state index is 0.0521. The van der Waals surface area contributed by atoms with E-state index in [2.05, 4.69) is 53.1 Å². The Morgan fingerprint density at radius 3 is 2.92 bits per heavy atom. The molecule has 138 valence electrons. The molecule has 1 fully saturated rings. The van der Waals surface area contributed by atoms with Gasteiger partial charge in [0.1, 0.15) is 0 Å². The van der Waals surface area contributed by atoms with Gasteiger partial charge in [0, 0.05) is 13.0 Å². The highest BCUT2D eigenvalue weighted by Gasteiger charge is 2.31. The van der Waals surface area contributed by atoms with E-state index in [1.807, 2.05) is 6.92 Å². The second kappa shape index (κ2) is 7.00. The van der Waals surface area contributed by atoms with Crippen molar-refractivity contribution in [3.63, 3.8) is 0 Å². The molecule has 1 aromatic carbocycles. The summed E-state index contributed by atoms with van der Waals surface area (Å²) in [4.78, 5) is 8.79. The molecular formula is C20H26N4OS. The first-order chi connectivity index (χ1) is 12.6. The van der Waals surface area contributed by atoms with Crippen LogP contribution in [0.2, 0.25) is 0 Å². The molecule has 1 saturated heterocycles. The molecule has 2 unspecified atom stereocenters. The van der Waals surface area contributed by atoms with Gasteiger partial charge in [0.25, 0.3) is 0 Å². The third kappa shape index (κ3) is 3.12. The van der Waals surface area contributed by atoms with Crippen molar-refractivity contribution in [1.82, 2.24) is 19.5 Å². The van der Waals surface area contributed by atoms with Crippen LogP contribution in [0.1, 0.15) is 54.6 Å². The second-order valence-corrected chi connectivity index (χ2v) is 8.43. The lowest BCUT2D eigenvalue weighted by molar-refractivity contribution is 0.149. The number of aromatic nitrogens is 3. The Morgan fingerprint density at radius 1 is 1.38 bits per heavy atom. The van der Waals surface area contributed by atoms with Crippen LogP contribution in [0.15, 0.2) is 24.3 Å². The maximum absolute atomic E-state index is 10.9. The summed E-state index contributed by atoms with van der Waals surface area (Å²) in [7, 11) is 0. The van der Waals surface area contributed by atoms with Crippen molar-refractivity contribution in [3.8, 4) is 5.88 Å². The van der Waals surface area contributed by atoms with E-state index in [1.54, 1.807) is 15.9 Å². The first kappa shape index (κ1) is 17.5. The third-order valence-corrected chi connectivity index (χ3v) is 6.29. The fraction of sp³-hybridized carbons (Fsp3) is 0.500. The van der Waals surface area contributed by atoms with Crippen LogP contribution in [0, 0.1) is 12.8 Å². The van der Waals surface area contributed by atoms with Gasteiger partial charge in [0.15, 0.2) is 5.82 Å². The molecule has 0 bridgehead atoms. The molecule has 3 heterocycles. The van der Waals surface area contributed by atoms with Gasteiger partial charge in [-0.05, 0) is 37.8 Å².